The predicted molar refractivity (Wildman–Crippen MR) is 75.4 cm³/mol. The minimum atomic E-state index is -1.06. The number of nitrogens with one attached hydrogen (secondary N) is 1. The van der Waals surface area contributed by atoms with Crippen molar-refractivity contribution in [2.75, 3.05) is 7.11 Å². The Balaban J connectivity index is 2.08. The van der Waals surface area contributed by atoms with E-state index >= 15 is 0 Å². The van der Waals surface area contributed by atoms with Crippen LogP contribution in [-0.4, -0.2) is 24.1 Å². The molecule has 0 aliphatic heterocycles. The summed E-state index contributed by atoms with van der Waals surface area (Å²) < 4.78 is 4.98. The number of hydrogen-bond acceptors (Lipinski definition) is 4. The van der Waals surface area contributed by atoms with E-state index in [0.717, 1.165) is 0 Å². The second kappa shape index (κ2) is 6.21. The molecule has 1 heterocycles. The fourth-order valence-corrected chi connectivity index (χ4v) is 2.35. The molecule has 0 fully saturated rings. The quantitative estimate of drug-likeness (QED) is 0.887. The zero-order valence-corrected chi connectivity index (χ0v) is 11.6. The smallest absolute Gasteiger partial charge is 0.339 e. The molecule has 1 amide bonds. The summed E-state index contributed by atoms with van der Waals surface area (Å²) in [6, 6.07) is 6.53. The number of carbonyl (C=O) groups excluding carboxylic acids is 1. The molecule has 20 heavy (non-hydrogen) atoms. The van der Waals surface area contributed by atoms with Gasteiger partial charge in [0, 0.05) is 17.5 Å². The number of thiophene rings is 1. The van der Waals surface area contributed by atoms with Crippen molar-refractivity contribution >= 4 is 23.2 Å². The summed E-state index contributed by atoms with van der Waals surface area (Å²) in [5, 5.41) is 15.4. The van der Waals surface area contributed by atoms with Gasteiger partial charge >= 0.3 is 5.97 Å². The minimum absolute atomic E-state index is 0.0785. The maximum atomic E-state index is 11.8. The van der Waals surface area contributed by atoms with Crippen LogP contribution in [-0.2, 0) is 6.54 Å². The normalized spacial score (nSPS) is 10.1. The Morgan fingerprint density at radius 3 is 2.75 bits per heavy atom. The highest BCUT2D eigenvalue weighted by molar-refractivity contribution is 7.08. The van der Waals surface area contributed by atoms with Gasteiger partial charge in [0.2, 0.25) is 0 Å². The summed E-state index contributed by atoms with van der Waals surface area (Å²) >= 11 is 1.45. The Morgan fingerprint density at radius 1 is 1.35 bits per heavy atom. The Labute approximate surface area is 119 Å². The first-order chi connectivity index (χ1) is 9.61. The SMILES string of the molecule is COc1ccc(CNC(=O)c2ccsc2)cc1C(=O)O. The van der Waals surface area contributed by atoms with Gasteiger partial charge in [-0.25, -0.2) is 4.79 Å². The molecule has 0 atom stereocenters. The number of aromatic carboxylic acids is 1. The summed E-state index contributed by atoms with van der Waals surface area (Å²) in [7, 11) is 1.42. The van der Waals surface area contributed by atoms with Crippen molar-refractivity contribution < 1.29 is 19.4 Å². The second-order valence-electron chi connectivity index (χ2n) is 4.03. The van der Waals surface area contributed by atoms with E-state index in [2.05, 4.69) is 5.32 Å². The fraction of sp³-hybridized carbons (Fsp3) is 0.143. The lowest BCUT2D eigenvalue weighted by Crippen LogP contribution is -2.22. The standard InChI is InChI=1S/C14H13NO4S/c1-19-12-3-2-9(6-11(12)14(17)18)7-15-13(16)10-4-5-20-8-10/h2-6,8H,7H2,1H3,(H,15,16)(H,17,18). The molecular formula is C14H13NO4S. The number of ether oxygens (including phenoxy) is 1. The number of carbonyl (C=O) groups is 2. The molecule has 5 nitrogen and oxygen atoms in total. The first-order valence-electron chi connectivity index (χ1n) is 5.82. The van der Waals surface area contributed by atoms with Crippen LogP contribution >= 0.6 is 11.3 Å². The van der Waals surface area contributed by atoms with E-state index in [-0.39, 0.29) is 18.0 Å². The molecular weight excluding hydrogens is 278 g/mol. The lowest BCUT2D eigenvalue weighted by Gasteiger charge is -2.08. The molecule has 2 rings (SSSR count). The van der Waals surface area contributed by atoms with Crippen LogP contribution in [0.4, 0.5) is 0 Å². The lowest BCUT2D eigenvalue weighted by molar-refractivity contribution is 0.0693. The highest BCUT2D eigenvalue weighted by Crippen LogP contribution is 2.19. The van der Waals surface area contributed by atoms with Crippen LogP contribution in [0.5, 0.6) is 5.75 Å². The molecule has 0 aliphatic carbocycles. The summed E-state index contributed by atoms with van der Waals surface area (Å²) in [6.07, 6.45) is 0. The van der Waals surface area contributed by atoms with Crippen molar-refractivity contribution in [3.63, 3.8) is 0 Å². The molecule has 0 saturated heterocycles. The molecule has 1 aromatic carbocycles. The minimum Gasteiger partial charge on any atom is -0.496 e. The predicted octanol–water partition coefficient (Wildman–Crippen LogP) is 2.38. The van der Waals surface area contributed by atoms with Crippen molar-refractivity contribution in [3.8, 4) is 5.75 Å². The number of carboxylic acids is 1. The number of hydrogen-bond donors (Lipinski definition) is 2. The van der Waals surface area contributed by atoms with E-state index in [1.807, 2.05) is 5.38 Å². The molecule has 0 unspecified atom stereocenters. The van der Waals surface area contributed by atoms with Gasteiger partial charge in [-0.15, -0.1) is 0 Å². The Kier molecular flexibility index (Phi) is 4.37. The number of amides is 1. The third kappa shape index (κ3) is 3.16. The van der Waals surface area contributed by atoms with Crippen molar-refractivity contribution in [3.05, 3.63) is 51.7 Å². The highest BCUT2D eigenvalue weighted by Gasteiger charge is 2.12. The molecule has 0 bridgehead atoms. The van der Waals surface area contributed by atoms with Crippen molar-refractivity contribution in [2.45, 2.75) is 6.54 Å². The average molecular weight is 291 g/mol. The van der Waals surface area contributed by atoms with E-state index < -0.39 is 5.97 Å². The van der Waals surface area contributed by atoms with E-state index in [4.69, 9.17) is 9.84 Å². The summed E-state index contributed by atoms with van der Waals surface area (Å²) in [4.78, 5) is 22.9. The monoisotopic (exact) mass is 291 g/mol. The van der Waals surface area contributed by atoms with E-state index in [1.165, 1.54) is 24.5 Å². The van der Waals surface area contributed by atoms with Crippen molar-refractivity contribution in [1.82, 2.24) is 5.32 Å². The van der Waals surface area contributed by atoms with Gasteiger partial charge in [0.25, 0.3) is 5.91 Å². The largest absolute Gasteiger partial charge is 0.496 e. The Hall–Kier alpha value is -2.34. The third-order valence-corrected chi connectivity index (χ3v) is 3.41. The second-order valence-corrected chi connectivity index (χ2v) is 4.81. The third-order valence-electron chi connectivity index (χ3n) is 2.73. The molecule has 0 aliphatic rings. The number of benzene rings is 1. The molecule has 0 radical (unpaired) electrons. The average Bonchev–Trinajstić information content (AvgIpc) is 2.98. The van der Waals surface area contributed by atoms with Gasteiger partial charge in [0.05, 0.1) is 7.11 Å². The Bertz CT molecular complexity index is 622. The highest BCUT2D eigenvalue weighted by atomic mass is 32.1. The van der Waals surface area contributed by atoms with Crippen LogP contribution < -0.4 is 10.1 Å². The van der Waals surface area contributed by atoms with Crippen LogP contribution in [0.1, 0.15) is 26.3 Å². The molecule has 2 aromatic rings. The van der Waals surface area contributed by atoms with Crippen LogP contribution in [0, 0.1) is 0 Å². The van der Waals surface area contributed by atoms with Gasteiger partial charge in [-0.05, 0) is 29.1 Å². The molecule has 1 aromatic heterocycles. The zero-order chi connectivity index (χ0) is 14.5. The molecule has 0 spiro atoms. The molecule has 6 heteroatoms. The van der Waals surface area contributed by atoms with Gasteiger partial charge in [-0.2, -0.15) is 11.3 Å². The van der Waals surface area contributed by atoms with Crippen LogP contribution in [0.2, 0.25) is 0 Å². The van der Waals surface area contributed by atoms with Crippen LogP contribution in [0.25, 0.3) is 0 Å². The van der Waals surface area contributed by atoms with Crippen LogP contribution in [0.15, 0.2) is 35.0 Å². The number of methoxy groups -OCH3 is 1. The van der Waals surface area contributed by atoms with E-state index in [9.17, 15) is 9.59 Å². The summed E-state index contributed by atoms with van der Waals surface area (Å²) in [5.41, 5.74) is 1.38. The van der Waals surface area contributed by atoms with E-state index in [0.29, 0.717) is 16.9 Å². The van der Waals surface area contributed by atoms with Crippen molar-refractivity contribution in [1.29, 1.82) is 0 Å². The molecule has 0 saturated carbocycles. The summed E-state index contributed by atoms with van der Waals surface area (Å²) in [6.45, 7) is 0.263. The topological polar surface area (TPSA) is 75.6 Å². The van der Waals surface area contributed by atoms with Crippen LogP contribution in [0.3, 0.4) is 0 Å². The molecule has 2 N–H and O–H groups in total. The Morgan fingerprint density at radius 2 is 2.15 bits per heavy atom. The van der Waals surface area contributed by atoms with Gasteiger partial charge < -0.3 is 15.2 Å². The van der Waals surface area contributed by atoms with Gasteiger partial charge in [-0.3, -0.25) is 4.79 Å². The first-order valence-corrected chi connectivity index (χ1v) is 6.76. The fourth-order valence-electron chi connectivity index (χ4n) is 1.71. The molecule has 104 valence electrons. The first kappa shape index (κ1) is 14.1. The van der Waals surface area contributed by atoms with Crippen molar-refractivity contribution in [2.24, 2.45) is 0 Å². The number of carboxylic acid groups (broad SMARTS) is 1. The van der Waals surface area contributed by atoms with Gasteiger partial charge in [-0.1, -0.05) is 6.07 Å². The summed E-state index contributed by atoms with van der Waals surface area (Å²) in [5.74, 6) is -0.947. The zero-order valence-electron chi connectivity index (χ0n) is 10.8. The lowest BCUT2D eigenvalue weighted by atomic mass is 10.1. The van der Waals surface area contributed by atoms with E-state index in [1.54, 1.807) is 23.6 Å². The maximum Gasteiger partial charge on any atom is 0.339 e. The number of rotatable bonds is 5. The van der Waals surface area contributed by atoms with Gasteiger partial charge in [0.15, 0.2) is 0 Å². The maximum absolute atomic E-state index is 11.8. The van der Waals surface area contributed by atoms with Gasteiger partial charge in [0.1, 0.15) is 11.3 Å².